The number of carboxylic acid groups (broad SMARTS) is 1. The van der Waals surface area contributed by atoms with Crippen LogP contribution in [-0.4, -0.2) is 16.1 Å². The molecule has 1 aromatic heterocycles. The Morgan fingerprint density at radius 2 is 1.95 bits per heavy atom. The Bertz CT molecular complexity index is 686. The Hall–Kier alpha value is -2.64. The van der Waals surface area contributed by atoms with Gasteiger partial charge in [-0.15, -0.1) is 0 Å². The number of aromatic carboxylic acids is 1. The normalized spacial score (nSPS) is 11.2. The standard InChI is InChI=1S/C13H8F4N2O2/c14-9-4-3-7(13(15,16)17)6-10(9)19-11-8(12(20)21)2-1-5-18-11/h1-6H,(H,18,19)(H,20,21). The van der Waals surface area contributed by atoms with Crippen molar-refractivity contribution >= 4 is 17.5 Å². The van der Waals surface area contributed by atoms with Gasteiger partial charge in [0.2, 0.25) is 0 Å². The van der Waals surface area contributed by atoms with Crippen molar-refractivity contribution in [3.63, 3.8) is 0 Å². The van der Waals surface area contributed by atoms with Crippen LogP contribution in [0.15, 0.2) is 36.5 Å². The molecule has 0 saturated heterocycles. The van der Waals surface area contributed by atoms with Crippen LogP contribution in [0, 0.1) is 5.82 Å². The van der Waals surface area contributed by atoms with Crippen molar-refractivity contribution in [3.05, 3.63) is 53.5 Å². The second-order valence-electron chi connectivity index (χ2n) is 4.02. The second-order valence-corrected chi connectivity index (χ2v) is 4.02. The van der Waals surface area contributed by atoms with Gasteiger partial charge < -0.3 is 10.4 Å². The minimum Gasteiger partial charge on any atom is -0.478 e. The minimum atomic E-state index is -4.64. The molecule has 0 spiro atoms. The lowest BCUT2D eigenvalue weighted by molar-refractivity contribution is -0.137. The number of anilines is 2. The number of carbonyl (C=O) groups is 1. The summed E-state index contributed by atoms with van der Waals surface area (Å²) in [6, 6.07) is 4.33. The van der Waals surface area contributed by atoms with E-state index in [9.17, 15) is 22.4 Å². The molecule has 0 fully saturated rings. The van der Waals surface area contributed by atoms with E-state index in [1.54, 1.807) is 0 Å². The monoisotopic (exact) mass is 300 g/mol. The maximum Gasteiger partial charge on any atom is 0.416 e. The number of carboxylic acids is 1. The van der Waals surface area contributed by atoms with Gasteiger partial charge in [0.15, 0.2) is 0 Å². The molecule has 0 atom stereocenters. The number of alkyl halides is 3. The largest absolute Gasteiger partial charge is 0.478 e. The molecule has 2 rings (SSSR count). The van der Waals surface area contributed by atoms with Crippen LogP contribution in [0.1, 0.15) is 15.9 Å². The molecule has 0 radical (unpaired) electrons. The van der Waals surface area contributed by atoms with E-state index in [2.05, 4.69) is 10.3 Å². The molecule has 110 valence electrons. The zero-order valence-corrected chi connectivity index (χ0v) is 10.3. The van der Waals surface area contributed by atoms with Crippen LogP contribution >= 0.6 is 0 Å². The lowest BCUT2D eigenvalue weighted by atomic mass is 10.1. The lowest BCUT2D eigenvalue weighted by Crippen LogP contribution is -2.08. The van der Waals surface area contributed by atoms with Gasteiger partial charge in [-0.2, -0.15) is 13.2 Å². The summed E-state index contributed by atoms with van der Waals surface area (Å²) in [6.45, 7) is 0. The predicted octanol–water partition coefficient (Wildman–Crippen LogP) is 3.68. The molecule has 2 N–H and O–H groups in total. The smallest absolute Gasteiger partial charge is 0.416 e. The van der Waals surface area contributed by atoms with Gasteiger partial charge in [-0.25, -0.2) is 14.2 Å². The van der Waals surface area contributed by atoms with Crippen molar-refractivity contribution in [1.29, 1.82) is 0 Å². The number of rotatable bonds is 3. The molecule has 0 aliphatic heterocycles. The topological polar surface area (TPSA) is 62.2 Å². The van der Waals surface area contributed by atoms with Crippen LogP contribution in [0.5, 0.6) is 0 Å². The number of benzene rings is 1. The molecule has 1 heterocycles. The van der Waals surface area contributed by atoms with E-state index in [1.807, 2.05) is 0 Å². The van der Waals surface area contributed by atoms with E-state index in [0.717, 1.165) is 0 Å². The molecule has 4 nitrogen and oxygen atoms in total. The van der Waals surface area contributed by atoms with Crippen molar-refractivity contribution in [1.82, 2.24) is 4.98 Å². The maximum absolute atomic E-state index is 13.6. The van der Waals surface area contributed by atoms with Crippen molar-refractivity contribution in [2.75, 3.05) is 5.32 Å². The number of hydrogen-bond acceptors (Lipinski definition) is 3. The Morgan fingerprint density at radius 1 is 1.24 bits per heavy atom. The third-order valence-electron chi connectivity index (χ3n) is 2.58. The zero-order chi connectivity index (χ0) is 15.6. The zero-order valence-electron chi connectivity index (χ0n) is 10.3. The molecular weight excluding hydrogens is 292 g/mol. The number of aromatic nitrogens is 1. The highest BCUT2D eigenvalue weighted by Crippen LogP contribution is 2.32. The highest BCUT2D eigenvalue weighted by atomic mass is 19.4. The molecule has 8 heteroatoms. The average Bonchev–Trinajstić information content (AvgIpc) is 2.40. The summed E-state index contributed by atoms with van der Waals surface area (Å²) in [5, 5.41) is 11.2. The fourth-order valence-corrected chi connectivity index (χ4v) is 1.60. The molecule has 2 aromatic rings. The lowest BCUT2D eigenvalue weighted by Gasteiger charge is -2.12. The third kappa shape index (κ3) is 3.28. The predicted molar refractivity (Wildman–Crippen MR) is 65.9 cm³/mol. The number of hydrogen-bond donors (Lipinski definition) is 2. The number of pyridine rings is 1. The first kappa shape index (κ1) is 14.8. The van der Waals surface area contributed by atoms with Gasteiger partial charge in [0.05, 0.1) is 11.3 Å². The maximum atomic E-state index is 13.6. The van der Waals surface area contributed by atoms with Crippen molar-refractivity contribution in [2.45, 2.75) is 6.18 Å². The van der Waals surface area contributed by atoms with E-state index in [4.69, 9.17) is 5.11 Å². The molecule has 0 aliphatic rings. The van der Waals surface area contributed by atoms with Crippen LogP contribution < -0.4 is 5.32 Å². The molecule has 0 bridgehead atoms. The summed E-state index contributed by atoms with van der Waals surface area (Å²) in [7, 11) is 0. The van der Waals surface area contributed by atoms with Crippen molar-refractivity contribution in [3.8, 4) is 0 Å². The van der Waals surface area contributed by atoms with E-state index in [0.29, 0.717) is 18.2 Å². The second kappa shape index (κ2) is 5.39. The first-order valence-corrected chi connectivity index (χ1v) is 5.61. The van der Waals surface area contributed by atoms with Gasteiger partial charge >= 0.3 is 12.1 Å². The van der Waals surface area contributed by atoms with Crippen LogP contribution in [0.25, 0.3) is 0 Å². The summed E-state index contributed by atoms with van der Waals surface area (Å²) < 4.78 is 51.3. The Balaban J connectivity index is 2.43. The van der Waals surface area contributed by atoms with Gasteiger partial charge in [0.25, 0.3) is 0 Å². The van der Waals surface area contributed by atoms with Gasteiger partial charge in [0, 0.05) is 6.20 Å². The fraction of sp³-hybridized carbons (Fsp3) is 0.0769. The molecular formula is C13H8F4N2O2. The van der Waals surface area contributed by atoms with E-state index in [1.165, 1.54) is 18.3 Å². The highest BCUT2D eigenvalue weighted by Gasteiger charge is 2.31. The average molecular weight is 300 g/mol. The highest BCUT2D eigenvalue weighted by molar-refractivity contribution is 5.93. The summed E-state index contributed by atoms with van der Waals surface area (Å²) >= 11 is 0. The number of nitrogens with one attached hydrogen (secondary N) is 1. The minimum absolute atomic E-state index is 0.247. The van der Waals surface area contributed by atoms with Crippen LogP contribution in [-0.2, 0) is 6.18 Å². The van der Waals surface area contributed by atoms with Crippen LogP contribution in [0.2, 0.25) is 0 Å². The Labute approximate surface area is 116 Å². The molecule has 0 aliphatic carbocycles. The number of halogens is 4. The first-order chi connectivity index (χ1) is 9.79. The van der Waals surface area contributed by atoms with Crippen LogP contribution in [0.4, 0.5) is 29.1 Å². The van der Waals surface area contributed by atoms with Crippen molar-refractivity contribution < 1.29 is 27.5 Å². The van der Waals surface area contributed by atoms with E-state index >= 15 is 0 Å². The molecule has 0 unspecified atom stereocenters. The summed E-state index contributed by atoms with van der Waals surface area (Å²) in [5.74, 6) is -2.54. The van der Waals surface area contributed by atoms with Gasteiger partial charge in [0.1, 0.15) is 17.2 Å². The summed E-state index contributed by atoms with van der Waals surface area (Å²) in [5.41, 5.74) is -1.85. The third-order valence-corrected chi connectivity index (χ3v) is 2.58. The summed E-state index contributed by atoms with van der Waals surface area (Å²) in [4.78, 5) is 14.7. The molecule has 0 amide bonds. The van der Waals surface area contributed by atoms with Crippen LogP contribution in [0.3, 0.4) is 0 Å². The van der Waals surface area contributed by atoms with Crippen molar-refractivity contribution in [2.24, 2.45) is 0 Å². The Kier molecular flexibility index (Phi) is 3.79. The fourth-order valence-electron chi connectivity index (χ4n) is 1.60. The molecule has 21 heavy (non-hydrogen) atoms. The Morgan fingerprint density at radius 3 is 2.57 bits per heavy atom. The quantitative estimate of drug-likeness (QED) is 0.849. The van der Waals surface area contributed by atoms with E-state index < -0.39 is 29.2 Å². The SMILES string of the molecule is O=C(O)c1cccnc1Nc1cc(C(F)(F)F)ccc1F. The van der Waals surface area contributed by atoms with Gasteiger partial charge in [-0.05, 0) is 30.3 Å². The first-order valence-electron chi connectivity index (χ1n) is 5.61. The van der Waals surface area contributed by atoms with Gasteiger partial charge in [-0.1, -0.05) is 0 Å². The van der Waals surface area contributed by atoms with E-state index in [-0.39, 0.29) is 11.4 Å². The molecule has 1 aromatic carbocycles. The van der Waals surface area contributed by atoms with Gasteiger partial charge in [-0.3, -0.25) is 0 Å². The molecule has 0 saturated carbocycles. The summed E-state index contributed by atoms with van der Waals surface area (Å²) in [6.07, 6.45) is -3.40. The number of nitrogens with zero attached hydrogens (tertiary/aromatic N) is 1.